The average Bonchev–Trinajstić information content (AvgIpc) is 2.52. The van der Waals surface area contributed by atoms with Crippen molar-refractivity contribution in [3.8, 4) is 11.1 Å². The first-order valence-electron chi connectivity index (χ1n) is 6.85. The Kier molecular flexibility index (Phi) is 3.66. The molecule has 0 amide bonds. The molecule has 0 radical (unpaired) electrons. The molecule has 0 bridgehead atoms. The zero-order chi connectivity index (χ0) is 17.5. The Balaban J connectivity index is 2.23. The normalized spacial score (nSPS) is 22.6. The van der Waals surface area contributed by atoms with Crippen LogP contribution in [0.1, 0.15) is 12.5 Å². The predicted octanol–water partition coefficient (Wildman–Crippen LogP) is 2.62. The molecular weight excluding hydrogens is 328 g/mol. The third-order valence-electron chi connectivity index (χ3n) is 3.90. The molecule has 1 atom stereocenters. The van der Waals surface area contributed by atoms with Crippen molar-refractivity contribution < 1.29 is 22.3 Å². The van der Waals surface area contributed by atoms with Crippen LogP contribution in [-0.4, -0.2) is 28.5 Å². The van der Waals surface area contributed by atoms with Crippen LogP contribution in [0, 0.1) is 11.6 Å². The van der Waals surface area contributed by atoms with Gasteiger partial charge < -0.3 is 10.5 Å². The molecule has 0 saturated carbocycles. The van der Waals surface area contributed by atoms with Crippen molar-refractivity contribution in [1.29, 1.82) is 0 Å². The summed E-state index contributed by atoms with van der Waals surface area (Å²) in [6.45, 7) is -0.0383. The SMILES string of the molecule is CC1(c2cc(-c3cncnc3)c(F)cc2F)N=C(N)OCC1(F)F. The van der Waals surface area contributed by atoms with E-state index in [1.165, 1.54) is 18.7 Å². The second-order valence-corrected chi connectivity index (χ2v) is 5.45. The second-order valence-electron chi connectivity index (χ2n) is 5.45. The number of aliphatic imine (C=N–C) groups is 1. The molecule has 126 valence electrons. The number of ether oxygens (including phenoxy) is 1. The highest BCUT2D eigenvalue weighted by Crippen LogP contribution is 2.45. The van der Waals surface area contributed by atoms with Crippen LogP contribution in [0.3, 0.4) is 0 Å². The van der Waals surface area contributed by atoms with Crippen LogP contribution >= 0.6 is 0 Å². The largest absolute Gasteiger partial charge is 0.459 e. The molecule has 5 nitrogen and oxygen atoms in total. The number of nitrogens with two attached hydrogens (primary N) is 1. The lowest BCUT2D eigenvalue weighted by Gasteiger charge is -2.37. The van der Waals surface area contributed by atoms with Crippen molar-refractivity contribution in [3.63, 3.8) is 0 Å². The fourth-order valence-corrected chi connectivity index (χ4v) is 2.48. The van der Waals surface area contributed by atoms with Gasteiger partial charge in [-0.3, -0.25) is 0 Å². The van der Waals surface area contributed by atoms with Crippen LogP contribution in [0.5, 0.6) is 0 Å². The molecule has 0 aliphatic carbocycles. The van der Waals surface area contributed by atoms with Gasteiger partial charge in [-0.25, -0.2) is 23.7 Å². The molecule has 9 heteroatoms. The van der Waals surface area contributed by atoms with Gasteiger partial charge in [-0.05, 0) is 13.0 Å². The topological polar surface area (TPSA) is 73.4 Å². The molecule has 0 saturated heterocycles. The fraction of sp³-hybridized carbons (Fsp3) is 0.267. The molecule has 2 heterocycles. The van der Waals surface area contributed by atoms with E-state index in [0.717, 1.165) is 13.0 Å². The first kappa shape index (κ1) is 16.2. The van der Waals surface area contributed by atoms with Crippen LogP contribution < -0.4 is 5.73 Å². The van der Waals surface area contributed by atoms with Gasteiger partial charge in [0.25, 0.3) is 6.02 Å². The molecule has 2 aromatic rings. The first-order chi connectivity index (χ1) is 11.2. The predicted molar refractivity (Wildman–Crippen MR) is 77.3 cm³/mol. The molecule has 1 aliphatic rings. The van der Waals surface area contributed by atoms with E-state index in [9.17, 15) is 17.6 Å². The number of aromatic nitrogens is 2. The number of rotatable bonds is 2. The van der Waals surface area contributed by atoms with Gasteiger partial charge >= 0.3 is 5.92 Å². The summed E-state index contributed by atoms with van der Waals surface area (Å²) >= 11 is 0. The summed E-state index contributed by atoms with van der Waals surface area (Å²) in [7, 11) is 0. The third kappa shape index (κ3) is 2.45. The molecule has 3 rings (SSSR count). The summed E-state index contributed by atoms with van der Waals surface area (Å²) in [4.78, 5) is 11.1. The number of nitrogens with zero attached hydrogens (tertiary/aromatic N) is 3. The summed E-state index contributed by atoms with van der Waals surface area (Å²) in [6.07, 6.45) is 3.80. The van der Waals surface area contributed by atoms with E-state index in [2.05, 4.69) is 19.7 Å². The molecule has 1 aromatic carbocycles. The highest BCUT2D eigenvalue weighted by molar-refractivity contribution is 5.73. The van der Waals surface area contributed by atoms with Gasteiger partial charge in [-0.1, -0.05) is 0 Å². The Hall–Kier alpha value is -2.71. The Morgan fingerprint density at radius 3 is 2.46 bits per heavy atom. The van der Waals surface area contributed by atoms with Crippen molar-refractivity contribution >= 4 is 6.02 Å². The molecule has 0 fully saturated rings. The Bertz CT molecular complexity index is 813. The maximum absolute atomic E-state index is 14.4. The Labute approximate surface area is 134 Å². The highest BCUT2D eigenvalue weighted by atomic mass is 19.3. The van der Waals surface area contributed by atoms with E-state index < -0.39 is 41.3 Å². The summed E-state index contributed by atoms with van der Waals surface area (Å²) in [5.74, 6) is -5.63. The summed E-state index contributed by atoms with van der Waals surface area (Å²) in [5.41, 5.74) is 2.63. The maximum Gasteiger partial charge on any atom is 0.310 e. The van der Waals surface area contributed by atoms with Crippen molar-refractivity contribution in [2.45, 2.75) is 18.4 Å². The van der Waals surface area contributed by atoms with Crippen molar-refractivity contribution in [2.75, 3.05) is 6.61 Å². The molecular formula is C15H12F4N4O. The molecule has 2 N–H and O–H groups in total. The molecule has 24 heavy (non-hydrogen) atoms. The number of halogens is 4. The number of hydrogen-bond acceptors (Lipinski definition) is 5. The maximum atomic E-state index is 14.4. The van der Waals surface area contributed by atoms with Gasteiger partial charge in [0.1, 0.15) is 18.0 Å². The van der Waals surface area contributed by atoms with Gasteiger partial charge in [-0.2, -0.15) is 8.78 Å². The van der Waals surface area contributed by atoms with E-state index in [4.69, 9.17) is 5.73 Å². The summed E-state index contributed by atoms with van der Waals surface area (Å²) in [6, 6.07) is 1.01. The molecule has 1 aliphatic heterocycles. The minimum atomic E-state index is -3.54. The number of benzene rings is 1. The fourth-order valence-electron chi connectivity index (χ4n) is 2.48. The Morgan fingerprint density at radius 2 is 1.79 bits per heavy atom. The van der Waals surface area contributed by atoms with Crippen molar-refractivity contribution in [1.82, 2.24) is 9.97 Å². The minimum Gasteiger partial charge on any atom is -0.459 e. The molecule has 1 aromatic heterocycles. The lowest BCUT2D eigenvalue weighted by atomic mass is 9.84. The first-order valence-corrected chi connectivity index (χ1v) is 6.85. The van der Waals surface area contributed by atoms with Gasteiger partial charge in [0, 0.05) is 35.2 Å². The number of hydrogen-bond donors (Lipinski definition) is 1. The van der Waals surface area contributed by atoms with E-state index >= 15 is 0 Å². The monoisotopic (exact) mass is 340 g/mol. The number of amidine groups is 1. The van der Waals surface area contributed by atoms with Gasteiger partial charge in [0.2, 0.25) is 0 Å². The van der Waals surface area contributed by atoms with Crippen LogP contribution in [0.2, 0.25) is 0 Å². The van der Waals surface area contributed by atoms with Crippen LogP contribution in [0.15, 0.2) is 35.8 Å². The van der Waals surface area contributed by atoms with Crippen LogP contribution in [-0.2, 0) is 10.3 Å². The van der Waals surface area contributed by atoms with E-state index in [0.29, 0.717) is 6.07 Å². The van der Waals surface area contributed by atoms with Crippen LogP contribution in [0.25, 0.3) is 11.1 Å². The van der Waals surface area contributed by atoms with Crippen LogP contribution in [0.4, 0.5) is 17.6 Å². The number of alkyl halides is 2. The van der Waals surface area contributed by atoms with Gasteiger partial charge in [-0.15, -0.1) is 0 Å². The second kappa shape index (κ2) is 5.43. The van der Waals surface area contributed by atoms with E-state index in [1.807, 2.05) is 0 Å². The summed E-state index contributed by atoms with van der Waals surface area (Å²) in [5, 5.41) is 0. The smallest absolute Gasteiger partial charge is 0.310 e. The molecule has 1 unspecified atom stereocenters. The average molecular weight is 340 g/mol. The van der Waals surface area contributed by atoms with Crippen molar-refractivity contribution in [3.05, 3.63) is 48.1 Å². The minimum absolute atomic E-state index is 0.121. The lowest BCUT2D eigenvalue weighted by molar-refractivity contribution is -0.117. The zero-order valence-electron chi connectivity index (χ0n) is 12.4. The molecule has 0 spiro atoms. The summed E-state index contributed by atoms with van der Waals surface area (Å²) < 4.78 is 61.7. The quantitative estimate of drug-likeness (QED) is 0.853. The third-order valence-corrected chi connectivity index (χ3v) is 3.90. The Morgan fingerprint density at radius 1 is 1.12 bits per heavy atom. The van der Waals surface area contributed by atoms with Crippen molar-refractivity contribution in [2.24, 2.45) is 10.7 Å². The van der Waals surface area contributed by atoms with Gasteiger partial charge in [0.05, 0.1) is 0 Å². The standard InChI is InChI=1S/C15H12F4N4O/c1-14(15(18,19)6-24-13(20)23-14)10-2-9(11(16)3-12(10)17)8-4-21-7-22-5-8/h2-5,7H,6H2,1H3,(H2,20,23). The van der Waals surface area contributed by atoms with E-state index in [1.54, 1.807) is 0 Å². The zero-order valence-corrected chi connectivity index (χ0v) is 12.4. The lowest BCUT2D eigenvalue weighted by Crippen LogP contribution is -2.51. The van der Waals surface area contributed by atoms with E-state index in [-0.39, 0.29) is 11.1 Å². The van der Waals surface area contributed by atoms with Gasteiger partial charge in [0.15, 0.2) is 12.1 Å². The highest BCUT2D eigenvalue weighted by Gasteiger charge is 2.56.